The van der Waals surface area contributed by atoms with E-state index >= 15 is 0 Å². The molecule has 4 aromatic rings. The number of ketones is 1. The Morgan fingerprint density at radius 1 is 0.833 bits per heavy atom. The highest BCUT2D eigenvalue weighted by Gasteiger charge is 2.48. The number of amides is 1. The van der Waals surface area contributed by atoms with Crippen molar-refractivity contribution < 1.29 is 19.1 Å². The molecule has 1 unspecified atom stereocenters. The largest absolute Gasteiger partial charge is 0.507 e. The van der Waals surface area contributed by atoms with Gasteiger partial charge in [0.1, 0.15) is 17.6 Å². The zero-order valence-electron chi connectivity index (χ0n) is 15.9. The normalized spacial score (nSPS) is 18.3. The van der Waals surface area contributed by atoms with E-state index in [-0.39, 0.29) is 11.3 Å². The van der Waals surface area contributed by atoms with Crippen LogP contribution in [-0.2, 0) is 9.59 Å². The lowest BCUT2D eigenvalue weighted by Crippen LogP contribution is -2.29. The molecule has 1 aliphatic rings. The van der Waals surface area contributed by atoms with Gasteiger partial charge < -0.3 is 9.52 Å². The fraction of sp³-hybridized carbons (Fsp3) is 0.0400. The number of furan rings is 1. The third-order valence-electron chi connectivity index (χ3n) is 5.31. The Labute approximate surface area is 172 Å². The summed E-state index contributed by atoms with van der Waals surface area (Å²) in [6, 6.07) is 24.6. The highest BCUT2D eigenvalue weighted by Crippen LogP contribution is 2.42. The molecule has 30 heavy (non-hydrogen) atoms. The molecule has 1 atom stereocenters. The number of aliphatic hydroxyl groups is 1. The molecule has 0 spiro atoms. The van der Waals surface area contributed by atoms with Crippen molar-refractivity contribution in [3.63, 3.8) is 0 Å². The van der Waals surface area contributed by atoms with E-state index in [4.69, 9.17) is 4.42 Å². The molecule has 1 fully saturated rings. The number of anilines is 1. The molecule has 0 saturated carbocycles. The smallest absolute Gasteiger partial charge is 0.300 e. The Balaban J connectivity index is 1.72. The summed E-state index contributed by atoms with van der Waals surface area (Å²) in [6.07, 6.45) is 1.48. The number of hydrogen-bond acceptors (Lipinski definition) is 4. The first-order valence-corrected chi connectivity index (χ1v) is 9.54. The molecule has 5 heteroatoms. The predicted octanol–water partition coefficient (Wildman–Crippen LogP) is 5.06. The van der Waals surface area contributed by atoms with E-state index in [9.17, 15) is 14.7 Å². The second-order valence-corrected chi connectivity index (χ2v) is 7.08. The Morgan fingerprint density at radius 2 is 1.57 bits per heavy atom. The van der Waals surface area contributed by atoms with Crippen LogP contribution >= 0.6 is 0 Å². The number of Topliss-reactive ketones (excluding diaryl/α,β-unsaturated/α-hetero) is 1. The summed E-state index contributed by atoms with van der Waals surface area (Å²) in [5.41, 5.74) is 1.03. The molecule has 146 valence electrons. The van der Waals surface area contributed by atoms with Gasteiger partial charge in [0.2, 0.25) is 0 Å². The van der Waals surface area contributed by atoms with Crippen LogP contribution in [0.2, 0.25) is 0 Å². The molecule has 0 radical (unpaired) electrons. The third-order valence-corrected chi connectivity index (χ3v) is 5.31. The summed E-state index contributed by atoms with van der Waals surface area (Å²) >= 11 is 0. The average Bonchev–Trinajstić information content (AvgIpc) is 3.40. The standard InChI is InChI=1S/C25H17NO4/c27-23(18-13-12-16-7-4-5-8-17(16)15-18)21-22(20-11-6-14-30-20)26(25(29)24(21)28)19-9-2-1-3-10-19/h1-15,22,27H/b23-21-. The number of fused-ring (bicyclic) bond motifs is 1. The molecule has 0 bridgehead atoms. The fourth-order valence-corrected chi connectivity index (χ4v) is 3.90. The van der Waals surface area contributed by atoms with E-state index in [1.165, 1.54) is 11.2 Å². The van der Waals surface area contributed by atoms with Crippen molar-refractivity contribution in [3.8, 4) is 0 Å². The van der Waals surface area contributed by atoms with Crippen LogP contribution in [0.15, 0.2) is 101 Å². The number of carbonyl (C=O) groups is 2. The molecule has 1 amide bonds. The highest BCUT2D eigenvalue weighted by atomic mass is 16.3. The molecular formula is C25H17NO4. The van der Waals surface area contributed by atoms with Crippen molar-refractivity contribution in [2.24, 2.45) is 0 Å². The van der Waals surface area contributed by atoms with Crippen molar-refractivity contribution >= 4 is 33.9 Å². The lowest BCUT2D eigenvalue weighted by atomic mass is 9.97. The lowest BCUT2D eigenvalue weighted by molar-refractivity contribution is -0.132. The average molecular weight is 395 g/mol. The van der Waals surface area contributed by atoms with Gasteiger partial charge in [-0.2, -0.15) is 0 Å². The van der Waals surface area contributed by atoms with Gasteiger partial charge in [-0.3, -0.25) is 14.5 Å². The molecule has 0 aliphatic carbocycles. The van der Waals surface area contributed by atoms with Crippen LogP contribution in [0.25, 0.3) is 16.5 Å². The lowest BCUT2D eigenvalue weighted by Gasteiger charge is -2.23. The number of aliphatic hydroxyl groups excluding tert-OH is 1. The molecular weight excluding hydrogens is 378 g/mol. The first-order valence-electron chi connectivity index (χ1n) is 9.54. The van der Waals surface area contributed by atoms with Crippen molar-refractivity contribution in [2.45, 2.75) is 6.04 Å². The van der Waals surface area contributed by atoms with Crippen LogP contribution in [0.1, 0.15) is 17.4 Å². The summed E-state index contributed by atoms with van der Waals surface area (Å²) < 4.78 is 5.56. The van der Waals surface area contributed by atoms with Gasteiger partial charge in [-0.1, -0.05) is 54.6 Å². The van der Waals surface area contributed by atoms with Crippen molar-refractivity contribution in [3.05, 3.63) is 108 Å². The molecule has 2 heterocycles. The first-order chi connectivity index (χ1) is 14.6. The number of nitrogens with zero attached hydrogens (tertiary/aromatic N) is 1. The quantitative estimate of drug-likeness (QED) is 0.299. The first kappa shape index (κ1) is 17.9. The van der Waals surface area contributed by atoms with Crippen LogP contribution in [0.3, 0.4) is 0 Å². The molecule has 3 aromatic carbocycles. The fourth-order valence-electron chi connectivity index (χ4n) is 3.90. The van der Waals surface area contributed by atoms with Gasteiger partial charge in [0.05, 0.1) is 11.8 Å². The Hall–Kier alpha value is -4.12. The molecule has 1 aliphatic heterocycles. The van der Waals surface area contributed by atoms with E-state index in [0.29, 0.717) is 17.0 Å². The zero-order chi connectivity index (χ0) is 20.7. The summed E-state index contributed by atoms with van der Waals surface area (Å²) in [7, 11) is 0. The van der Waals surface area contributed by atoms with E-state index < -0.39 is 17.7 Å². The number of para-hydroxylation sites is 1. The van der Waals surface area contributed by atoms with Gasteiger partial charge in [0.15, 0.2) is 0 Å². The van der Waals surface area contributed by atoms with E-state index in [0.717, 1.165) is 10.8 Å². The maximum Gasteiger partial charge on any atom is 0.300 e. The van der Waals surface area contributed by atoms with Gasteiger partial charge in [0.25, 0.3) is 11.7 Å². The Bertz CT molecular complexity index is 1290. The number of carbonyl (C=O) groups excluding carboxylic acids is 2. The number of hydrogen-bond donors (Lipinski definition) is 1. The zero-order valence-corrected chi connectivity index (χ0v) is 15.9. The van der Waals surface area contributed by atoms with Crippen molar-refractivity contribution in [1.29, 1.82) is 0 Å². The van der Waals surface area contributed by atoms with Gasteiger partial charge in [-0.25, -0.2) is 0 Å². The van der Waals surface area contributed by atoms with Gasteiger partial charge >= 0.3 is 0 Å². The molecule has 1 N–H and O–H groups in total. The Morgan fingerprint density at radius 3 is 2.30 bits per heavy atom. The van der Waals surface area contributed by atoms with Crippen LogP contribution in [0, 0.1) is 0 Å². The van der Waals surface area contributed by atoms with E-state index in [1.807, 2.05) is 36.4 Å². The maximum absolute atomic E-state index is 13.0. The second-order valence-electron chi connectivity index (χ2n) is 7.08. The highest BCUT2D eigenvalue weighted by molar-refractivity contribution is 6.51. The molecule has 5 rings (SSSR count). The molecule has 1 saturated heterocycles. The summed E-state index contributed by atoms with van der Waals surface area (Å²) in [5, 5.41) is 13.1. The number of benzene rings is 3. The minimum Gasteiger partial charge on any atom is -0.507 e. The van der Waals surface area contributed by atoms with Gasteiger partial charge in [0, 0.05) is 11.3 Å². The molecule has 5 nitrogen and oxygen atoms in total. The van der Waals surface area contributed by atoms with Crippen LogP contribution in [0.4, 0.5) is 5.69 Å². The second kappa shape index (κ2) is 7.04. The number of rotatable bonds is 3. The topological polar surface area (TPSA) is 70.8 Å². The van der Waals surface area contributed by atoms with Crippen LogP contribution < -0.4 is 4.90 Å². The summed E-state index contributed by atoms with van der Waals surface area (Å²) in [5.74, 6) is -1.27. The van der Waals surface area contributed by atoms with Crippen LogP contribution in [0.5, 0.6) is 0 Å². The van der Waals surface area contributed by atoms with E-state index in [2.05, 4.69) is 0 Å². The molecule has 1 aromatic heterocycles. The van der Waals surface area contributed by atoms with Crippen molar-refractivity contribution in [2.75, 3.05) is 4.90 Å². The van der Waals surface area contributed by atoms with Gasteiger partial charge in [-0.15, -0.1) is 0 Å². The Kier molecular flexibility index (Phi) is 4.21. The monoisotopic (exact) mass is 395 g/mol. The van der Waals surface area contributed by atoms with Gasteiger partial charge in [-0.05, 0) is 41.1 Å². The third kappa shape index (κ3) is 2.79. The SMILES string of the molecule is O=C1C(=O)N(c2ccccc2)C(c2ccco2)/C1=C(/O)c1ccc2ccccc2c1. The minimum absolute atomic E-state index is 0.00841. The van der Waals surface area contributed by atoms with Crippen molar-refractivity contribution in [1.82, 2.24) is 0 Å². The summed E-state index contributed by atoms with van der Waals surface area (Å²) in [6.45, 7) is 0. The maximum atomic E-state index is 13.0. The minimum atomic E-state index is -0.853. The van der Waals surface area contributed by atoms with Crippen LogP contribution in [-0.4, -0.2) is 16.8 Å². The summed E-state index contributed by atoms with van der Waals surface area (Å²) in [4.78, 5) is 27.4. The van der Waals surface area contributed by atoms with E-state index in [1.54, 1.807) is 48.5 Å². The predicted molar refractivity (Wildman–Crippen MR) is 114 cm³/mol.